The quantitative estimate of drug-likeness (QED) is 0.583. The van der Waals surface area contributed by atoms with Crippen molar-refractivity contribution in [2.24, 2.45) is 0 Å². The van der Waals surface area contributed by atoms with Crippen molar-refractivity contribution in [3.63, 3.8) is 0 Å². The van der Waals surface area contributed by atoms with E-state index in [0.29, 0.717) is 24.7 Å². The lowest BCUT2D eigenvalue weighted by Gasteiger charge is -2.18. The smallest absolute Gasteiger partial charge is 0.289 e. The second-order valence-electron chi connectivity index (χ2n) is 2.16. The molecule has 1 aliphatic rings. The highest BCUT2D eigenvalue weighted by Gasteiger charge is 2.17. The van der Waals surface area contributed by atoms with E-state index < -0.39 is 0 Å². The van der Waals surface area contributed by atoms with Gasteiger partial charge in [0.05, 0.1) is 0 Å². The second-order valence-corrected chi connectivity index (χ2v) is 2.16. The van der Waals surface area contributed by atoms with E-state index in [4.69, 9.17) is 9.47 Å². The molecule has 0 aromatic heterocycles. The molecule has 0 atom stereocenters. The SMILES string of the molecule is CNC(=O)C1=C(C)OCCO1. The first kappa shape index (κ1) is 7.91. The molecular formula is C7H11NO3. The van der Waals surface area contributed by atoms with Gasteiger partial charge in [0, 0.05) is 7.05 Å². The Balaban J connectivity index is 2.74. The number of ether oxygens (including phenoxy) is 2. The van der Waals surface area contributed by atoms with E-state index in [0.717, 1.165) is 0 Å². The Kier molecular flexibility index (Phi) is 2.36. The van der Waals surface area contributed by atoms with E-state index in [2.05, 4.69) is 5.32 Å². The summed E-state index contributed by atoms with van der Waals surface area (Å²) in [6.45, 7) is 2.68. The molecule has 0 radical (unpaired) electrons. The van der Waals surface area contributed by atoms with Crippen LogP contribution in [0.1, 0.15) is 6.92 Å². The van der Waals surface area contributed by atoms with E-state index in [-0.39, 0.29) is 5.91 Å². The number of carbonyl (C=O) groups excluding carboxylic acids is 1. The fourth-order valence-corrected chi connectivity index (χ4v) is 0.845. The van der Waals surface area contributed by atoms with Gasteiger partial charge in [-0.3, -0.25) is 4.79 Å². The lowest BCUT2D eigenvalue weighted by atomic mass is 10.4. The molecule has 0 aliphatic carbocycles. The summed E-state index contributed by atoms with van der Waals surface area (Å²) in [5.74, 6) is 0.608. The Morgan fingerprint density at radius 2 is 2.09 bits per heavy atom. The molecule has 0 fully saturated rings. The molecule has 62 valence electrons. The van der Waals surface area contributed by atoms with Gasteiger partial charge in [0.25, 0.3) is 5.91 Å². The molecule has 0 aromatic carbocycles. The molecule has 1 amide bonds. The van der Waals surface area contributed by atoms with Crippen molar-refractivity contribution < 1.29 is 14.3 Å². The predicted molar refractivity (Wildman–Crippen MR) is 38.7 cm³/mol. The number of allylic oxidation sites excluding steroid dienone is 1. The highest BCUT2D eigenvalue weighted by Crippen LogP contribution is 2.11. The van der Waals surface area contributed by atoms with E-state index in [1.54, 1.807) is 14.0 Å². The lowest BCUT2D eigenvalue weighted by molar-refractivity contribution is -0.122. The normalized spacial score (nSPS) is 16.9. The molecule has 0 saturated heterocycles. The fraction of sp³-hybridized carbons (Fsp3) is 0.571. The third kappa shape index (κ3) is 1.63. The van der Waals surface area contributed by atoms with Crippen LogP contribution in [0, 0.1) is 0 Å². The number of likely N-dealkylation sites (N-methyl/N-ethyl adjacent to an activating group) is 1. The van der Waals surface area contributed by atoms with Crippen LogP contribution in [0.15, 0.2) is 11.5 Å². The first-order valence-electron chi connectivity index (χ1n) is 3.44. The first-order chi connectivity index (χ1) is 5.25. The van der Waals surface area contributed by atoms with Gasteiger partial charge in [0.2, 0.25) is 5.76 Å². The number of carbonyl (C=O) groups is 1. The minimum atomic E-state index is -0.234. The molecule has 0 unspecified atom stereocenters. The Bertz CT molecular complexity index is 198. The van der Waals surface area contributed by atoms with Crippen LogP contribution in [0.25, 0.3) is 0 Å². The first-order valence-corrected chi connectivity index (χ1v) is 3.44. The van der Waals surface area contributed by atoms with Gasteiger partial charge in [0.15, 0.2) is 0 Å². The van der Waals surface area contributed by atoms with Crippen LogP contribution in [0.3, 0.4) is 0 Å². The summed E-state index contributed by atoms with van der Waals surface area (Å²) < 4.78 is 10.2. The average molecular weight is 157 g/mol. The zero-order chi connectivity index (χ0) is 8.27. The molecule has 0 bridgehead atoms. The zero-order valence-electron chi connectivity index (χ0n) is 6.64. The monoisotopic (exact) mass is 157 g/mol. The molecule has 11 heavy (non-hydrogen) atoms. The minimum Gasteiger partial charge on any atom is -0.491 e. The maximum Gasteiger partial charge on any atom is 0.289 e. The Hall–Kier alpha value is -1.19. The van der Waals surface area contributed by atoms with Gasteiger partial charge in [-0.2, -0.15) is 0 Å². The predicted octanol–water partition coefficient (Wildman–Crippen LogP) is 0.0107. The maximum atomic E-state index is 11.0. The van der Waals surface area contributed by atoms with Gasteiger partial charge in [-0.25, -0.2) is 0 Å². The van der Waals surface area contributed by atoms with E-state index in [9.17, 15) is 4.79 Å². The summed E-state index contributed by atoms with van der Waals surface area (Å²) >= 11 is 0. The van der Waals surface area contributed by atoms with Crippen LogP contribution >= 0.6 is 0 Å². The summed E-state index contributed by atoms with van der Waals surface area (Å²) in [6.07, 6.45) is 0. The lowest BCUT2D eigenvalue weighted by Crippen LogP contribution is -2.26. The third-order valence-corrected chi connectivity index (χ3v) is 1.40. The van der Waals surface area contributed by atoms with Crippen LogP contribution in [0.4, 0.5) is 0 Å². The van der Waals surface area contributed by atoms with Crippen LogP contribution in [0.2, 0.25) is 0 Å². The van der Waals surface area contributed by atoms with Gasteiger partial charge in [-0.15, -0.1) is 0 Å². The van der Waals surface area contributed by atoms with Crippen molar-refractivity contribution in [1.29, 1.82) is 0 Å². The van der Waals surface area contributed by atoms with Crippen molar-refractivity contribution in [2.45, 2.75) is 6.92 Å². The number of hydrogen-bond donors (Lipinski definition) is 1. The second kappa shape index (κ2) is 3.27. The minimum absolute atomic E-state index is 0.234. The molecule has 1 rings (SSSR count). The summed E-state index contributed by atoms with van der Waals surface area (Å²) in [5, 5.41) is 2.46. The van der Waals surface area contributed by atoms with E-state index in [1.807, 2.05) is 0 Å². The number of nitrogens with one attached hydrogen (secondary N) is 1. The number of amides is 1. The van der Waals surface area contributed by atoms with Crippen molar-refractivity contribution in [3.05, 3.63) is 11.5 Å². The molecule has 0 aromatic rings. The number of rotatable bonds is 1. The molecule has 4 nitrogen and oxygen atoms in total. The highest BCUT2D eigenvalue weighted by atomic mass is 16.6. The van der Waals surface area contributed by atoms with Crippen LogP contribution in [-0.4, -0.2) is 26.2 Å². The van der Waals surface area contributed by atoms with Gasteiger partial charge in [-0.05, 0) is 6.92 Å². The Morgan fingerprint density at radius 3 is 2.64 bits per heavy atom. The van der Waals surface area contributed by atoms with Crippen molar-refractivity contribution in [3.8, 4) is 0 Å². The van der Waals surface area contributed by atoms with Crippen LogP contribution in [-0.2, 0) is 14.3 Å². The Labute approximate surface area is 65.2 Å². The summed E-state index contributed by atoms with van der Waals surface area (Å²) in [7, 11) is 1.56. The van der Waals surface area contributed by atoms with Crippen LogP contribution in [0.5, 0.6) is 0 Å². The molecular weight excluding hydrogens is 146 g/mol. The van der Waals surface area contributed by atoms with Crippen molar-refractivity contribution in [1.82, 2.24) is 5.32 Å². The van der Waals surface area contributed by atoms with Crippen molar-refractivity contribution >= 4 is 5.91 Å². The topological polar surface area (TPSA) is 47.6 Å². The van der Waals surface area contributed by atoms with Crippen molar-refractivity contribution in [2.75, 3.05) is 20.3 Å². The van der Waals surface area contributed by atoms with Gasteiger partial charge in [-0.1, -0.05) is 0 Å². The van der Waals surface area contributed by atoms with E-state index in [1.165, 1.54) is 0 Å². The molecule has 1 aliphatic heterocycles. The zero-order valence-corrected chi connectivity index (χ0v) is 6.64. The van der Waals surface area contributed by atoms with Gasteiger partial charge in [0.1, 0.15) is 19.0 Å². The summed E-state index contributed by atoms with van der Waals surface area (Å²) in [5.41, 5.74) is 0. The molecule has 1 heterocycles. The summed E-state index contributed by atoms with van der Waals surface area (Å²) in [4.78, 5) is 11.0. The van der Waals surface area contributed by atoms with Gasteiger partial charge >= 0.3 is 0 Å². The molecule has 0 saturated carbocycles. The summed E-state index contributed by atoms with van der Waals surface area (Å²) in [6, 6.07) is 0. The van der Waals surface area contributed by atoms with Gasteiger partial charge < -0.3 is 14.8 Å². The molecule has 0 spiro atoms. The van der Waals surface area contributed by atoms with E-state index >= 15 is 0 Å². The largest absolute Gasteiger partial charge is 0.491 e. The average Bonchev–Trinajstić information content (AvgIpc) is 2.04. The van der Waals surface area contributed by atoms with Crippen LogP contribution < -0.4 is 5.32 Å². The Morgan fingerprint density at radius 1 is 1.45 bits per heavy atom. The number of hydrogen-bond acceptors (Lipinski definition) is 3. The highest BCUT2D eigenvalue weighted by molar-refractivity contribution is 5.91. The maximum absolute atomic E-state index is 11.0. The fourth-order valence-electron chi connectivity index (χ4n) is 0.845. The standard InChI is InChI=1S/C7H11NO3/c1-5-6(7(9)8-2)11-4-3-10-5/h3-4H2,1-2H3,(H,8,9). The molecule has 4 heteroatoms. The third-order valence-electron chi connectivity index (χ3n) is 1.40. The molecule has 1 N–H and O–H groups in total.